The summed E-state index contributed by atoms with van der Waals surface area (Å²) in [6.07, 6.45) is 1.84. The van der Waals surface area contributed by atoms with E-state index >= 15 is 0 Å². The average molecular weight is 206 g/mol. The summed E-state index contributed by atoms with van der Waals surface area (Å²) in [4.78, 5) is 11.2. The Morgan fingerprint density at radius 2 is 2.08 bits per heavy atom. The molecule has 2 heterocycles. The van der Waals surface area contributed by atoms with Crippen molar-refractivity contribution < 1.29 is 0 Å². The van der Waals surface area contributed by atoms with E-state index in [0.717, 1.165) is 16.6 Å². The lowest BCUT2D eigenvalue weighted by Gasteiger charge is -2.01. The summed E-state index contributed by atoms with van der Waals surface area (Å²) in [5.74, 6) is 0.857. The van der Waals surface area contributed by atoms with Crippen molar-refractivity contribution in [2.45, 2.75) is 9.79 Å². The lowest BCUT2D eigenvalue weighted by atomic mass is 10.3. The largest absolute Gasteiger partial charge is 0.273 e. The third kappa shape index (κ3) is 1.21. The third-order valence-corrected chi connectivity index (χ3v) is 3.70. The molecule has 1 aromatic rings. The fraction of sp³-hybridized carbons (Fsp3) is 0.111. The summed E-state index contributed by atoms with van der Waals surface area (Å²) in [5.41, 5.74) is 0. The van der Waals surface area contributed by atoms with Gasteiger partial charge in [-0.1, -0.05) is 11.8 Å². The molecule has 13 heavy (non-hydrogen) atoms. The van der Waals surface area contributed by atoms with E-state index < -0.39 is 0 Å². The molecule has 0 amide bonds. The van der Waals surface area contributed by atoms with Crippen LogP contribution in [0.1, 0.15) is 0 Å². The van der Waals surface area contributed by atoms with Crippen LogP contribution in [0.2, 0.25) is 0 Å². The zero-order valence-electron chi connectivity index (χ0n) is 6.73. The van der Waals surface area contributed by atoms with Gasteiger partial charge in [0.25, 0.3) is 0 Å². The summed E-state index contributed by atoms with van der Waals surface area (Å²) >= 11 is 3.49. The Morgan fingerprint density at radius 3 is 3.08 bits per heavy atom. The van der Waals surface area contributed by atoms with E-state index in [1.807, 2.05) is 11.6 Å². The summed E-state index contributed by atoms with van der Waals surface area (Å²) in [6, 6.07) is 4.25. The van der Waals surface area contributed by atoms with E-state index in [0.29, 0.717) is 0 Å². The number of fused-ring (bicyclic) bond motifs is 2. The van der Waals surface area contributed by atoms with Gasteiger partial charge in [0.1, 0.15) is 0 Å². The van der Waals surface area contributed by atoms with Crippen LogP contribution in [0.25, 0.3) is 0 Å². The molecular weight excluding hydrogens is 200 g/mol. The minimum absolute atomic E-state index is 0.857. The highest BCUT2D eigenvalue weighted by Gasteiger charge is 2.08. The Balaban J connectivity index is 2.37. The van der Waals surface area contributed by atoms with Crippen molar-refractivity contribution in [1.29, 1.82) is 0 Å². The van der Waals surface area contributed by atoms with Crippen LogP contribution < -0.4 is 10.7 Å². The van der Waals surface area contributed by atoms with Crippen molar-refractivity contribution in [2.75, 3.05) is 5.88 Å². The molecule has 0 aromatic heterocycles. The Kier molecular flexibility index (Phi) is 1.70. The zero-order valence-corrected chi connectivity index (χ0v) is 8.36. The number of hydrogen-bond acceptors (Lipinski definition) is 4. The second-order valence-corrected chi connectivity index (χ2v) is 4.69. The second kappa shape index (κ2) is 2.89. The lowest BCUT2D eigenvalue weighted by molar-refractivity contribution is 1.11. The molecule has 2 aliphatic rings. The number of rotatable bonds is 0. The number of hydrogen-bond donors (Lipinski definition) is 0. The fourth-order valence-electron chi connectivity index (χ4n) is 1.36. The Bertz CT molecular complexity index is 505. The standard InChI is InChI=1S/C9H6N2S2/c1-2-12-8-4-7-9(13-5-11-7)3-6(8)10-1/h1-4H,5H2. The summed E-state index contributed by atoms with van der Waals surface area (Å²) < 4.78 is 0. The lowest BCUT2D eigenvalue weighted by Crippen LogP contribution is -2.13. The highest BCUT2D eigenvalue weighted by molar-refractivity contribution is 8.02. The van der Waals surface area contributed by atoms with Crippen LogP contribution in [-0.4, -0.2) is 5.88 Å². The molecule has 2 nitrogen and oxygen atoms in total. The monoisotopic (exact) mass is 206 g/mol. The van der Waals surface area contributed by atoms with Crippen LogP contribution in [0.5, 0.6) is 0 Å². The Morgan fingerprint density at radius 1 is 1.15 bits per heavy atom. The molecule has 0 spiro atoms. The predicted octanol–water partition coefficient (Wildman–Crippen LogP) is 1.57. The fourth-order valence-corrected chi connectivity index (χ4v) is 2.85. The summed E-state index contributed by atoms with van der Waals surface area (Å²) in [7, 11) is 0. The van der Waals surface area contributed by atoms with E-state index in [2.05, 4.69) is 22.1 Å². The van der Waals surface area contributed by atoms with Gasteiger partial charge in [0, 0.05) is 16.0 Å². The molecule has 0 radical (unpaired) electrons. The molecular formula is C9H6N2S2. The summed E-state index contributed by atoms with van der Waals surface area (Å²) in [5, 5.41) is 4.20. The van der Waals surface area contributed by atoms with Gasteiger partial charge in [0.2, 0.25) is 0 Å². The third-order valence-electron chi connectivity index (χ3n) is 1.96. The van der Waals surface area contributed by atoms with Gasteiger partial charge in [-0.15, -0.1) is 11.8 Å². The van der Waals surface area contributed by atoms with Gasteiger partial charge >= 0.3 is 0 Å². The highest BCUT2D eigenvalue weighted by atomic mass is 32.2. The maximum absolute atomic E-state index is 4.39. The zero-order chi connectivity index (χ0) is 8.67. The van der Waals surface area contributed by atoms with E-state index in [1.165, 1.54) is 9.79 Å². The molecule has 64 valence electrons. The van der Waals surface area contributed by atoms with Crippen molar-refractivity contribution in [3.05, 3.63) is 34.5 Å². The van der Waals surface area contributed by atoms with Crippen molar-refractivity contribution in [3.8, 4) is 0 Å². The molecule has 0 unspecified atom stereocenters. The molecule has 0 fully saturated rings. The van der Waals surface area contributed by atoms with Crippen LogP contribution in [0.3, 0.4) is 0 Å². The first-order chi connectivity index (χ1) is 6.43. The van der Waals surface area contributed by atoms with Gasteiger partial charge in [-0.3, -0.25) is 9.98 Å². The number of thioether (sulfide) groups is 2. The van der Waals surface area contributed by atoms with E-state index in [9.17, 15) is 0 Å². The molecule has 3 rings (SSSR count). The SMILES string of the molecule is C1=CSc2cc3c(cc2=N1)SCN=3. The van der Waals surface area contributed by atoms with E-state index in [1.54, 1.807) is 23.5 Å². The van der Waals surface area contributed by atoms with Gasteiger partial charge in [-0.05, 0) is 17.5 Å². The average Bonchev–Trinajstić information content (AvgIpc) is 2.61. The minimum Gasteiger partial charge on any atom is -0.273 e. The molecule has 1 aromatic carbocycles. The molecule has 0 saturated heterocycles. The smallest absolute Gasteiger partial charge is 0.0898 e. The Hall–Kier alpha value is -0.740. The van der Waals surface area contributed by atoms with Crippen LogP contribution >= 0.6 is 23.5 Å². The quantitative estimate of drug-likeness (QED) is 0.643. The molecule has 0 atom stereocenters. The molecule has 0 bridgehead atoms. The molecule has 0 aliphatic carbocycles. The van der Waals surface area contributed by atoms with Gasteiger partial charge in [0.15, 0.2) is 0 Å². The van der Waals surface area contributed by atoms with Crippen LogP contribution in [0.15, 0.2) is 43.5 Å². The van der Waals surface area contributed by atoms with E-state index in [4.69, 9.17) is 0 Å². The maximum Gasteiger partial charge on any atom is 0.0898 e. The van der Waals surface area contributed by atoms with Crippen molar-refractivity contribution in [3.63, 3.8) is 0 Å². The first kappa shape index (κ1) is 7.64. The highest BCUT2D eigenvalue weighted by Crippen LogP contribution is 2.21. The minimum atomic E-state index is 0.857. The van der Waals surface area contributed by atoms with Crippen LogP contribution in [-0.2, 0) is 0 Å². The van der Waals surface area contributed by atoms with Crippen molar-refractivity contribution in [1.82, 2.24) is 0 Å². The molecule has 4 heteroatoms. The van der Waals surface area contributed by atoms with Gasteiger partial charge < -0.3 is 0 Å². The molecule has 0 N–H and O–H groups in total. The van der Waals surface area contributed by atoms with Gasteiger partial charge in [-0.25, -0.2) is 0 Å². The molecule has 0 saturated carbocycles. The van der Waals surface area contributed by atoms with Crippen LogP contribution in [0.4, 0.5) is 0 Å². The van der Waals surface area contributed by atoms with E-state index in [-0.39, 0.29) is 0 Å². The number of benzene rings is 1. The van der Waals surface area contributed by atoms with Crippen LogP contribution in [0, 0.1) is 0 Å². The topological polar surface area (TPSA) is 24.7 Å². The predicted molar refractivity (Wildman–Crippen MR) is 54.5 cm³/mol. The van der Waals surface area contributed by atoms with Gasteiger partial charge in [-0.2, -0.15) is 0 Å². The summed E-state index contributed by atoms with van der Waals surface area (Å²) in [6.45, 7) is 0. The molecule has 2 aliphatic heterocycles. The normalized spacial score (nSPS) is 17.2. The first-order valence-electron chi connectivity index (χ1n) is 3.94. The van der Waals surface area contributed by atoms with Gasteiger partial charge in [0.05, 0.1) is 16.6 Å². The number of nitrogens with zero attached hydrogens (tertiary/aromatic N) is 2. The van der Waals surface area contributed by atoms with Crippen molar-refractivity contribution in [2.24, 2.45) is 9.98 Å². The Labute approximate surface area is 83.9 Å². The van der Waals surface area contributed by atoms with Crippen molar-refractivity contribution >= 4 is 23.5 Å². The second-order valence-electron chi connectivity index (χ2n) is 2.75. The first-order valence-corrected chi connectivity index (χ1v) is 5.81. The maximum atomic E-state index is 4.39.